The summed E-state index contributed by atoms with van der Waals surface area (Å²) in [5, 5.41) is 5.29. The first-order chi connectivity index (χ1) is 13.0. The first kappa shape index (κ1) is 17.2. The van der Waals surface area contributed by atoms with Gasteiger partial charge >= 0.3 is 6.03 Å². The van der Waals surface area contributed by atoms with Crippen LogP contribution in [-0.4, -0.2) is 34.8 Å². The Bertz CT molecular complexity index is 946. The van der Waals surface area contributed by atoms with E-state index in [4.69, 9.17) is 0 Å². The number of nitrogens with one attached hydrogen (secondary N) is 2. The Hall–Kier alpha value is -3.22. The quantitative estimate of drug-likeness (QED) is 0.817. The summed E-state index contributed by atoms with van der Waals surface area (Å²) in [5.74, 6) is -1.43. The number of carbonyl (C=O) groups is 3. The van der Waals surface area contributed by atoms with Crippen molar-refractivity contribution in [1.29, 1.82) is 0 Å². The van der Waals surface area contributed by atoms with Crippen LogP contribution < -0.4 is 10.6 Å². The van der Waals surface area contributed by atoms with Gasteiger partial charge in [-0.15, -0.1) is 0 Å². The van der Waals surface area contributed by atoms with E-state index in [1.165, 1.54) is 29.8 Å². The second kappa shape index (κ2) is 6.50. The predicted octanol–water partition coefficient (Wildman–Crippen LogP) is 2.24. The third kappa shape index (κ3) is 3.16. The lowest BCUT2D eigenvalue weighted by Crippen LogP contribution is -2.51. The van der Waals surface area contributed by atoms with Crippen molar-refractivity contribution in [2.75, 3.05) is 11.9 Å². The zero-order valence-corrected chi connectivity index (χ0v) is 14.5. The lowest BCUT2D eigenvalue weighted by atomic mass is 9.78. The molecule has 1 unspecified atom stereocenters. The lowest BCUT2D eigenvalue weighted by Gasteiger charge is -2.32. The summed E-state index contributed by atoms with van der Waals surface area (Å²) >= 11 is 0. The highest BCUT2D eigenvalue weighted by atomic mass is 19.1. The van der Waals surface area contributed by atoms with E-state index in [-0.39, 0.29) is 5.69 Å². The van der Waals surface area contributed by atoms with Crippen LogP contribution in [0.1, 0.15) is 17.5 Å². The zero-order chi connectivity index (χ0) is 19.0. The van der Waals surface area contributed by atoms with Crippen LogP contribution in [0.3, 0.4) is 0 Å². The molecule has 6 nitrogen and oxygen atoms in total. The van der Waals surface area contributed by atoms with Gasteiger partial charge in [0.25, 0.3) is 5.91 Å². The first-order valence-corrected chi connectivity index (χ1v) is 8.73. The van der Waals surface area contributed by atoms with Gasteiger partial charge in [-0.25, -0.2) is 9.18 Å². The maximum Gasteiger partial charge on any atom is 0.325 e. The van der Waals surface area contributed by atoms with Crippen molar-refractivity contribution >= 4 is 23.5 Å². The van der Waals surface area contributed by atoms with Crippen LogP contribution in [0, 0.1) is 5.82 Å². The van der Waals surface area contributed by atoms with Crippen LogP contribution in [0.15, 0.2) is 48.5 Å². The third-order valence-corrected chi connectivity index (χ3v) is 5.09. The summed E-state index contributed by atoms with van der Waals surface area (Å²) in [6, 6.07) is 12.7. The number of anilines is 1. The predicted molar refractivity (Wildman–Crippen MR) is 96.5 cm³/mol. The number of hydrogen-bond donors (Lipinski definition) is 2. The van der Waals surface area contributed by atoms with Crippen LogP contribution >= 0.6 is 0 Å². The summed E-state index contributed by atoms with van der Waals surface area (Å²) < 4.78 is 13.2. The van der Waals surface area contributed by atoms with Gasteiger partial charge in [-0.2, -0.15) is 0 Å². The number of carbonyl (C=O) groups excluding carboxylic acids is 3. The second-order valence-corrected chi connectivity index (χ2v) is 6.91. The summed E-state index contributed by atoms with van der Waals surface area (Å²) in [7, 11) is 0. The molecule has 0 bridgehead atoms. The molecule has 0 aromatic heterocycles. The molecule has 1 heterocycles. The average molecular weight is 367 g/mol. The zero-order valence-electron chi connectivity index (χ0n) is 14.5. The highest BCUT2D eigenvalue weighted by Gasteiger charge is 2.52. The Kier molecular flexibility index (Phi) is 4.14. The number of halogens is 1. The highest BCUT2D eigenvalue weighted by Crippen LogP contribution is 2.33. The topological polar surface area (TPSA) is 78.5 Å². The molecule has 1 aliphatic heterocycles. The molecule has 4 amide bonds. The Morgan fingerprint density at radius 2 is 1.93 bits per heavy atom. The van der Waals surface area contributed by atoms with E-state index in [1.54, 1.807) is 0 Å². The van der Waals surface area contributed by atoms with Gasteiger partial charge in [-0.3, -0.25) is 14.5 Å². The van der Waals surface area contributed by atoms with E-state index in [9.17, 15) is 18.8 Å². The number of nitrogens with zero attached hydrogens (tertiary/aromatic N) is 1. The molecule has 1 fully saturated rings. The van der Waals surface area contributed by atoms with E-state index in [2.05, 4.69) is 10.6 Å². The molecule has 27 heavy (non-hydrogen) atoms. The van der Waals surface area contributed by atoms with Crippen LogP contribution in [0.4, 0.5) is 14.9 Å². The van der Waals surface area contributed by atoms with Crippen LogP contribution in [0.2, 0.25) is 0 Å². The molecule has 0 saturated carbocycles. The third-order valence-electron chi connectivity index (χ3n) is 5.09. The molecule has 2 N–H and O–H groups in total. The molecule has 1 saturated heterocycles. The molecule has 138 valence electrons. The Labute approximate surface area is 155 Å². The maximum atomic E-state index is 13.2. The molecule has 7 heteroatoms. The van der Waals surface area contributed by atoms with Crippen molar-refractivity contribution in [3.8, 4) is 0 Å². The SMILES string of the molecule is O=C(CN1C(=O)NC2(CCc3ccccc3C2)C1=O)Nc1cccc(F)c1. The molecule has 2 aromatic carbocycles. The first-order valence-electron chi connectivity index (χ1n) is 8.73. The minimum absolute atomic E-state index is 0.272. The van der Waals surface area contributed by atoms with E-state index in [0.29, 0.717) is 19.3 Å². The van der Waals surface area contributed by atoms with Gasteiger partial charge in [0.1, 0.15) is 17.9 Å². The molecule has 0 radical (unpaired) electrons. The Morgan fingerprint density at radius 1 is 1.15 bits per heavy atom. The Balaban J connectivity index is 1.48. The fraction of sp³-hybridized carbons (Fsp3) is 0.250. The number of aryl methyl sites for hydroxylation is 1. The van der Waals surface area contributed by atoms with E-state index < -0.39 is 35.7 Å². The largest absolute Gasteiger partial charge is 0.325 e. The Morgan fingerprint density at radius 3 is 2.70 bits per heavy atom. The number of fused-ring (bicyclic) bond motifs is 1. The standard InChI is InChI=1S/C20H18FN3O3/c21-15-6-3-7-16(10-15)22-17(25)12-24-18(26)20(23-19(24)27)9-8-13-4-1-2-5-14(13)11-20/h1-7,10H,8-9,11-12H2,(H,22,25)(H,23,27). The maximum absolute atomic E-state index is 13.2. The van der Waals surface area contributed by atoms with Gasteiger partial charge in [0.15, 0.2) is 0 Å². The summed E-state index contributed by atoms with van der Waals surface area (Å²) in [6.07, 6.45) is 1.60. The molecule has 4 rings (SSSR count). The highest BCUT2D eigenvalue weighted by molar-refractivity contribution is 6.10. The molecule has 2 aromatic rings. The van der Waals surface area contributed by atoms with Crippen LogP contribution in [0.25, 0.3) is 0 Å². The fourth-order valence-electron chi connectivity index (χ4n) is 3.75. The monoisotopic (exact) mass is 367 g/mol. The van der Waals surface area contributed by atoms with E-state index in [1.807, 2.05) is 24.3 Å². The van der Waals surface area contributed by atoms with Gasteiger partial charge < -0.3 is 10.6 Å². The number of urea groups is 1. The van der Waals surface area contributed by atoms with Crippen LogP contribution in [0.5, 0.6) is 0 Å². The summed E-state index contributed by atoms with van der Waals surface area (Å²) in [5.41, 5.74) is 1.48. The van der Waals surface area contributed by atoms with Crippen molar-refractivity contribution in [3.63, 3.8) is 0 Å². The van der Waals surface area contributed by atoms with Crippen molar-refractivity contribution in [1.82, 2.24) is 10.2 Å². The van der Waals surface area contributed by atoms with E-state index >= 15 is 0 Å². The van der Waals surface area contributed by atoms with Crippen molar-refractivity contribution in [3.05, 3.63) is 65.5 Å². The molecular formula is C20H18FN3O3. The molecule has 1 atom stereocenters. The minimum atomic E-state index is -0.995. The normalized spacial score (nSPS) is 21.1. The van der Waals surface area contributed by atoms with Gasteiger partial charge in [-0.05, 0) is 42.2 Å². The number of imide groups is 1. The van der Waals surface area contributed by atoms with Gasteiger partial charge in [0.05, 0.1) is 0 Å². The molecule has 1 spiro atoms. The number of amides is 4. The number of hydrogen-bond acceptors (Lipinski definition) is 3. The number of benzene rings is 2. The lowest BCUT2D eigenvalue weighted by molar-refractivity contribution is -0.134. The summed E-state index contributed by atoms with van der Waals surface area (Å²) in [6.45, 7) is -0.412. The van der Waals surface area contributed by atoms with E-state index in [0.717, 1.165) is 10.5 Å². The fourth-order valence-corrected chi connectivity index (χ4v) is 3.75. The number of rotatable bonds is 3. The second-order valence-electron chi connectivity index (χ2n) is 6.91. The van der Waals surface area contributed by atoms with Crippen molar-refractivity contribution < 1.29 is 18.8 Å². The van der Waals surface area contributed by atoms with Crippen LogP contribution in [-0.2, 0) is 22.4 Å². The molecule has 1 aliphatic carbocycles. The average Bonchev–Trinajstić information content (AvgIpc) is 2.85. The van der Waals surface area contributed by atoms with Crippen molar-refractivity contribution in [2.24, 2.45) is 0 Å². The summed E-state index contributed by atoms with van der Waals surface area (Å²) in [4.78, 5) is 38.5. The minimum Gasteiger partial charge on any atom is -0.324 e. The molecule has 2 aliphatic rings. The van der Waals surface area contributed by atoms with Gasteiger partial charge in [0, 0.05) is 12.1 Å². The van der Waals surface area contributed by atoms with Gasteiger partial charge in [0.2, 0.25) is 5.91 Å². The van der Waals surface area contributed by atoms with Gasteiger partial charge in [-0.1, -0.05) is 30.3 Å². The molecular weight excluding hydrogens is 349 g/mol. The van der Waals surface area contributed by atoms with Crippen molar-refractivity contribution in [2.45, 2.75) is 24.8 Å². The smallest absolute Gasteiger partial charge is 0.324 e.